The van der Waals surface area contributed by atoms with Crippen molar-refractivity contribution in [1.29, 1.82) is 5.26 Å². The average molecular weight is 289 g/mol. The Hall–Kier alpha value is -1.90. The number of carbonyl (C=O) groups excluding carboxylic acids is 1. The van der Waals surface area contributed by atoms with Crippen molar-refractivity contribution in [2.24, 2.45) is 5.92 Å². The molecule has 0 N–H and O–H groups in total. The minimum absolute atomic E-state index is 0.160. The maximum absolute atomic E-state index is 11.9. The number of aromatic nitrogens is 2. The van der Waals surface area contributed by atoms with Crippen LogP contribution in [0.5, 0.6) is 0 Å². The smallest absolute Gasteiger partial charge is 0.306 e. The van der Waals surface area contributed by atoms with Crippen LogP contribution in [0.15, 0.2) is 4.52 Å². The van der Waals surface area contributed by atoms with Crippen LogP contribution in [0.3, 0.4) is 0 Å². The van der Waals surface area contributed by atoms with Crippen molar-refractivity contribution in [2.45, 2.75) is 63.4 Å². The van der Waals surface area contributed by atoms with Crippen molar-refractivity contribution in [3.63, 3.8) is 0 Å². The molecule has 0 unspecified atom stereocenters. The number of carbonyl (C=O) groups is 1. The molecule has 0 spiro atoms. The fourth-order valence-electron chi connectivity index (χ4n) is 2.70. The molecule has 1 aromatic heterocycles. The summed E-state index contributed by atoms with van der Waals surface area (Å²) in [7, 11) is 0. The zero-order valence-electron chi connectivity index (χ0n) is 12.0. The zero-order chi connectivity index (χ0) is 14.7. The van der Waals surface area contributed by atoms with Gasteiger partial charge in [-0.15, -0.1) is 0 Å². The highest BCUT2D eigenvalue weighted by Gasteiger charge is 2.30. The maximum Gasteiger partial charge on any atom is 0.306 e. The van der Waals surface area contributed by atoms with Gasteiger partial charge in [-0.3, -0.25) is 4.79 Å². The Morgan fingerprint density at radius 1 is 1.33 bits per heavy atom. The van der Waals surface area contributed by atoms with Gasteiger partial charge in [-0.05, 0) is 32.1 Å². The van der Waals surface area contributed by atoms with Gasteiger partial charge in [-0.1, -0.05) is 11.6 Å². The normalized spacial score (nSPS) is 25.3. The van der Waals surface area contributed by atoms with Crippen LogP contribution in [0.1, 0.15) is 62.6 Å². The Morgan fingerprint density at radius 3 is 2.90 bits per heavy atom. The number of ether oxygens (including phenoxy) is 1. The number of nitrogens with zero attached hydrogens (tertiary/aromatic N) is 3. The van der Waals surface area contributed by atoms with Crippen molar-refractivity contribution >= 4 is 5.97 Å². The highest BCUT2D eigenvalue weighted by molar-refractivity contribution is 5.69. The topological polar surface area (TPSA) is 89.0 Å². The summed E-state index contributed by atoms with van der Waals surface area (Å²) in [4.78, 5) is 16.2. The lowest BCUT2D eigenvalue weighted by Gasteiger charge is -2.26. The first-order valence-electron chi connectivity index (χ1n) is 7.68. The second-order valence-corrected chi connectivity index (χ2v) is 5.87. The summed E-state index contributed by atoms with van der Waals surface area (Å²) in [5.41, 5.74) is 0. The van der Waals surface area contributed by atoms with Gasteiger partial charge < -0.3 is 9.26 Å². The van der Waals surface area contributed by atoms with Gasteiger partial charge >= 0.3 is 5.97 Å². The van der Waals surface area contributed by atoms with Gasteiger partial charge in [0.25, 0.3) is 0 Å². The van der Waals surface area contributed by atoms with Crippen molar-refractivity contribution in [2.75, 3.05) is 0 Å². The maximum atomic E-state index is 11.9. The van der Waals surface area contributed by atoms with Gasteiger partial charge in [-0.25, -0.2) is 0 Å². The Kier molecular flexibility index (Phi) is 4.18. The summed E-state index contributed by atoms with van der Waals surface area (Å²) in [5, 5.41) is 13.0. The Labute approximate surface area is 123 Å². The first kappa shape index (κ1) is 14.1. The molecule has 1 heterocycles. The summed E-state index contributed by atoms with van der Waals surface area (Å²) < 4.78 is 10.6. The number of hydrogen-bond donors (Lipinski definition) is 0. The number of esters is 1. The third-order valence-electron chi connectivity index (χ3n) is 4.12. The molecule has 112 valence electrons. The molecule has 21 heavy (non-hydrogen) atoms. The lowest BCUT2D eigenvalue weighted by Crippen LogP contribution is -2.29. The standard InChI is InChI=1S/C15H19N3O3/c16-9-11-3-1-2-4-12(11)20-14(19)8-7-13-17-15(18-21-13)10-5-6-10/h10-12H,1-8H2/t11-,12+/m0/s1. The van der Waals surface area contributed by atoms with Crippen LogP contribution in [0.2, 0.25) is 0 Å². The van der Waals surface area contributed by atoms with E-state index in [0.717, 1.165) is 44.3 Å². The van der Waals surface area contributed by atoms with Crippen LogP contribution in [-0.2, 0) is 16.0 Å². The summed E-state index contributed by atoms with van der Waals surface area (Å²) in [5.74, 6) is 1.26. The molecule has 0 amide bonds. The average Bonchev–Trinajstić information content (AvgIpc) is 3.25. The van der Waals surface area contributed by atoms with Crippen molar-refractivity contribution in [1.82, 2.24) is 10.1 Å². The van der Waals surface area contributed by atoms with E-state index in [9.17, 15) is 4.79 Å². The van der Waals surface area contributed by atoms with E-state index in [4.69, 9.17) is 14.5 Å². The summed E-state index contributed by atoms with van der Waals surface area (Å²) in [6.07, 6.45) is 6.29. The van der Waals surface area contributed by atoms with Gasteiger partial charge in [0.2, 0.25) is 5.89 Å². The fraction of sp³-hybridized carbons (Fsp3) is 0.733. The van der Waals surface area contributed by atoms with Crippen molar-refractivity contribution in [3.05, 3.63) is 11.7 Å². The lowest BCUT2D eigenvalue weighted by atomic mass is 9.87. The van der Waals surface area contributed by atoms with E-state index >= 15 is 0 Å². The van der Waals surface area contributed by atoms with E-state index in [1.807, 2.05) is 0 Å². The molecule has 6 nitrogen and oxygen atoms in total. The predicted octanol–water partition coefficient (Wildman–Crippen LogP) is 2.51. The van der Waals surface area contributed by atoms with Crippen LogP contribution >= 0.6 is 0 Å². The number of rotatable bonds is 5. The van der Waals surface area contributed by atoms with Crippen LogP contribution in [0.4, 0.5) is 0 Å². The SMILES string of the molecule is N#C[C@@H]1CCCC[C@H]1OC(=O)CCc1nc(C2CC2)no1. The first-order chi connectivity index (χ1) is 10.3. The predicted molar refractivity (Wildman–Crippen MR) is 72.0 cm³/mol. The number of aryl methyl sites for hydroxylation is 1. The highest BCUT2D eigenvalue weighted by atomic mass is 16.5. The minimum Gasteiger partial charge on any atom is -0.461 e. The van der Waals surface area contributed by atoms with Gasteiger partial charge in [0.05, 0.1) is 18.4 Å². The summed E-state index contributed by atoms with van der Waals surface area (Å²) >= 11 is 0. The molecule has 6 heteroatoms. The molecule has 2 saturated carbocycles. The van der Waals surface area contributed by atoms with Crippen molar-refractivity contribution in [3.8, 4) is 6.07 Å². The van der Waals surface area contributed by atoms with Crippen LogP contribution in [0, 0.1) is 17.2 Å². The summed E-state index contributed by atoms with van der Waals surface area (Å²) in [6.45, 7) is 0. The molecular weight excluding hydrogens is 270 g/mol. The third kappa shape index (κ3) is 3.60. The number of nitriles is 1. The van der Waals surface area contributed by atoms with Crippen molar-refractivity contribution < 1.29 is 14.1 Å². The molecule has 0 bridgehead atoms. The minimum atomic E-state index is -0.284. The van der Waals surface area contributed by atoms with Gasteiger partial charge in [0.1, 0.15) is 6.10 Å². The molecule has 0 aromatic carbocycles. The zero-order valence-corrected chi connectivity index (χ0v) is 12.0. The Bertz CT molecular complexity index is 545. The van der Waals surface area contributed by atoms with Gasteiger partial charge in [-0.2, -0.15) is 10.2 Å². The summed E-state index contributed by atoms with van der Waals surface area (Å²) in [6, 6.07) is 2.24. The quantitative estimate of drug-likeness (QED) is 0.774. The van der Waals surface area contributed by atoms with Gasteiger partial charge in [0.15, 0.2) is 5.82 Å². The Morgan fingerprint density at radius 2 is 2.14 bits per heavy atom. The fourth-order valence-corrected chi connectivity index (χ4v) is 2.70. The van der Waals surface area contributed by atoms with E-state index in [1.165, 1.54) is 0 Å². The molecular formula is C15H19N3O3. The van der Waals surface area contributed by atoms with Crippen LogP contribution < -0.4 is 0 Å². The lowest BCUT2D eigenvalue weighted by molar-refractivity contribution is -0.152. The molecule has 2 aliphatic rings. The third-order valence-corrected chi connectivity index (χ3v) is 4.12. The number of hydrogen-bond acceptors (Lipinski definition) is 6. The van der Waals surface area contributed by atoms with Crippen LogP contribution in [0.25, 0.3) is 0 Å². The van der Waals surface area contributed by atoms with Crippen LogP contribution in [-0.4, -0.2) is 22.2 Å². The van der Waals surface area contributed by atoms with E-state index < -0.39 is 0 Å². The molecule has 0 saturated heterocycles. The monoisotopic (exact) mass is 289 g/mol. The van der Waals surface area contributed by atoms with E-state index in [0.29, 0.717) is 18.2 Å². The second-order valence-electron chi connectivity index (χ2n) is 5.87. The molecule has 2 atom stereocenters. The van der Waals surface area contributed by atoms with E-state index in [-0.39, 0.29) is 24.4 Å². The van der Waals surface area contributed by atoms with E-state index in [2.05, 4.69) is 16.2 Å². The second kappa shape index (κ2) is 6.25. The Balaban J connectivity index is 1.46. The highest BCUT2D eigenvalue weighted by Crippen LogP contribution is 2.38. The first-order valence-corrected chi connectivity index (χ1v) is 7.68. The van der Waals surface area contributed by atoms with Gasteiger partial charge in [0, 0.05) is 12.3 Å². The largest absolute Gasteiger partial charge is 0.461 e. The molecule has 3 rings (SSSR count). The van der Waals surface area contributed by atoms with E-state index in [1.54, 1.807) is 0 Å². The molecule has 2 fully saturated rings. The molecule has 0 aliphatic heterocycles. The molecule has 1 aromatic rings. The molecule has 0 radical (unpaired) electrons. The molecule has 2 aliphatic carbocycles.